The van der Waals surface area contributed by atoms with Crippen LogP contribution in [-0.4, -0.2) is 0 Å². The van der Waals surface area contributed by atoms with Crippen LogP contribution in [0.3, 0.4) is 0 Å². The predicted octanol–water partition coefficient (Wildman–Crippen LogP) is 5.37. The number of para-hydroxylation sites is 1. The van der Waals surface area contributed by atoms with E-state index in [1.54, 1.807) is 36.4 Å². The van der Waals surface area contributed by atoms with E-state index in [0.717, 1.165) is 4.47 Å². The van der Waals surface area contributed by atoms with E-state index in [-0.39, 0.29) is 0 Å². The lowest BCUT2D eigenvalue weighted by Gasteiger charge is -2.11. The fraction of sp³-hybridized carbons (Fsp3) is 0. The molecule has 1 N–H and O–H groups in total. The third-order valence-electron chi connectivity index (χ3n) is 2.32. The fourth-order valence-electron chi connectivity index (χ4n) is 1.47. The third-order valence-corrected chi connectivity index (χ3v) is 3.45. The molecule has 0 radical (unpaired) electrons. The Morgan fingerprint density at radius 1 is 1.11 bits per heavy atom. The van der Waals surface area contributed by atoms with Crippen LogP contribution < -0.4 is 5.32 Å². The molecule has 2 nitrogen and oxygen atoms in total. The van der Waals surface area contributed by atoms with Gasteiger partial charge in [0, 0.05) is 4.47 Å². The minimum atomic E-state index is 0.506. The van der Waals surface area contributed by atoms with E-state index in [0.29, 0.717) is 27.0 Å². The van der Waals surface area contributed by atoms with Crippen molar-refractivity contribution >= 4 is 50.5 Å². The number of nitriles is 1. The summed E-state index contributed by atoms with van der Waals surface area (Å²) in [6, 6.07) is 12.7. The van der Waals surface area contributed by atoms with Crippen LogP contribution in [0, 0.1) is 11.3 Å². The molecule has 0 atom stereocenters. The van der Waals surface area contributed by atoms with Crippen molar-refractivity contribution < 1.29 is 0 Å². The highest BCUT2D eigenvalue weighted by Crippen LogP contribution is 2.34. The van der Waals surface area contributed by atoms with E-state index in [2.05, 4.69) is 27.3 Å². The molecule has 90 valence electrons. The average molecular weight is 342 g/mol. The third kappa shape index (κ3) is 2.78. The Bertz CT molecular complexity index is 615. The van der Waals surface area contributed by atoms with Gasteiger partial charge >= 0.3 is 0 Å². The van der Waals surface area contributed by atoms with E-state index in [1.165, 1.54) is 0 Å². The molecule has 0 aromatic heterocycles. The lowest BCUT2D eigenvalue weighted by Crippen LogP contribution is -1.95. The molecule has 18 heavy (non-hydrogen) atoms. The van der Waals surface area contributed by atoms with Crippen molar-refractivity contribution in [1.29, 1.82) is 5.26 Å². The highest BCUT2D eigenvalue weighted by molar-refractivity contribution is 9.10. The minimum Gasteiger partial charge on any atom is -0.352 e. The van der Waals surface area contributed by atoms with Crippen molar-refractivity contribution in [3.8, 4) is 6.07 Å². The van der Waals surface area contributed by atoms with Gasteiger partial charge in [-0.2, -0.15) is 5.26 Å². The molecule has 0 aliphatic rings. The molecule has 0 saturated carbocycles. The van der Waals surface area contributed by atoms with Crippen molar-refractivity contribution in [2.24, 2.45) is 0 Å². The first kappa shape index (κ1) is 13.2. The Kier molecular flexibility index (Phi) is 4.13. The number of rotatable bonds is 2. The highest BCUT2D eigenvalue weighted by Gasteiger charge is 2.08. The van der Waals surface area contributed by atoms with Crippen LogP contribution in [0.15, 0.2) is 40.9 Å². The molecule has 0 bridgehead atoms. The number of hydrogen-bond acceptors (Lipinski definition) is 2. The highest BCUT2D eigenvalue weighted by atomic mass is 79.9. The van der Waals surface area contributed by atoms with Gasteiger partial charge in [-0.05, 0) is 30.3 Å². The van der Waals surface area contributed by atoms with Crippen LogP contribution >= 0.6 is 39.1 Å². The first-order valence-electron chi connectivity index (χ1n) is 5.02. The monoisotopic (exact) mass is 340 g/mol. The van der Waals surface area contributed by atoms with E-state index >= 15 is 0 Å². The summed E-state index contributed by atoms with van der Waals surface area (Å²) in [5.41, 5.74) is 1.77. The first-order chi connectivity index (χ1) is 8.61. The number of benzene rings is 2. The molecular weight excluding hydrogens is 335 g/mol. The van der Waals surface area contributed by atoms with Gasteiger partial charge in [0.1, 0.15) is 6.07 Å². The van der Waals surface area contributed by atoms with E-state index in [4.69, 9.17) is 28.5 Å². The van der Waals surface area contributed by atoms with Crippen molar-refractivity contribution in [3.05, 3.63) is 56.5 Å². The van der Waals surface area contributed by atoms with Gasteiger partial charge < -0.3 is 5.32 Å². The Balaban J connectivity index is 2.46. The molecule has 0 spiro atoms. The van der Waals surface area contributed by atoms with Crippen molar-refractivity contribution in [2.45, 2.75) is 0 Å². The van der Waals surface area contributed by atoms with Crippen LogP contribution in [0.1, 0.15) is 5.56 Å². The van der Waals surface area contributed by atoms with E-state index in [9.17, 15) is 0 Å². The predicted molar refractivity (Wildman–Crippen MR) is 78.6 cm³/mol. The minimum absolute atomic E-state index is 0.506. The Hall–Kier alpha value is -1.21. The van der Waals surface area contributed by atoms with Crippen LogP contribution in [0.2, 0.25) is 10.0 Å². The summed E-state index contributed by atoms with van der Waals surface area (Å²) in [4.78, 5) is 0. The lowest BCUT2D eigenvalue weighted by molar-refractivity contribution is 1.45. The smallest absolute Gasteiger partial charge is 0.101 e. The van der Waals surface area contributed by atoms with Gasteiger partial charge in [0.05, 0.1) is 27.0 Å². The van der Waals surface area contributed by atoms with Gasteiger partial charge in [0.15, 0.2) is 0 Å². The number of halogens is 3. The van der Waals surface area contributed by atoms with E-state index < -0.39 is 0 Å². The normalized spacial score (nSPS) is 9.89. The summed E-state index contributed by atoms with van der Waals surface area (Å²) < 4.78 is 0.868. The summed E-state index contributed by atoms with van der Waals surface area (Å²) in [6.07, 6.45) is 0. The Labute approximate surface area is 123 Å². The molecule has 0 heterocycles. The van der Waals surface area contributed by atoms with Crippen molar-refractivity contribution in [3.63, 3.8) is 0 Å². The second kappa shape index (κ2) is 5.62. The van der Waals surface area contributed by atoms with Gasteiger partial charge in [-0.3, -0.25) is 0 Å². The molecule has 0 amide bonds. The number of anilines is 2. The van der Waals surface area contributed by atoms with Gasteiger partial charge in [-0.15, -0.1) is 0 Å². The van der Waals surface area contributed by atoms with Crippen LogP contribution in [-0.2, 0) is 0 Å². The van der Waals surface area contributed by atoms with Crippen LogP contribution in [0.25, 0.3) is 0 Å². The average Bonchev–Trinajstić information content (AvgIpc) is 2.34. The molecular formula is C13H7BrCl2N2. The summed E-state index contributed by atoms with van der Waals surface area (Å²) in [5.74, 6) is 0. The molecule has 0 unspecified atom stereocenters. The van der Waals surface area contributed by atoms with Crippen LogP contribution in [0.4, 0.5) is 11.4 Å². The van der Waals surface area contributed by atoms with E-state index in [1.807, 2.05) is 0 Å². The zero-order chi connectivity index (χ0) is 13.1. The van der Waals surface area contributed by atoms with Gasteiger partial charge in [0.25, 0.3) is 0 Å². The zero-order valence-electron chi connectivity index (χ0n) is 9.05. The lowest BCUT2D eigenvalue weighted by atomic mass is 10.2. The van der Waals surface area contributed by atoms with Crippen molar-refractivity contribution in [1.82, 2.24) is 0 Å². The largest absolute Gasteiger partial charge is 0.352 e. The number of nitrogens with zero attached hydrogens (tertiary/aromatic N) is 1. The summed E-state index contributed by atoms with van der Waals surface area (Å²) >= 11 is 15.5. The second-order valence-corrected chi connectivity index (χ2v) is 5.25. The molecule has 0 aliphatic heterocycles. The number of hydrogen-bond donors (Lipinski definition) is 1. The van der Waals surface area contributed by atoms with Gasteiger partial charge in [-0.25, -0.2) is 0 Å². The maximum atomic E-state index is 9.05. The number of nitrogens with one attached hydrogen (secondary N) is 1. The van der Waals surface area contributed by atoms with Crippen molar-refractivity contribution in [2.75, 3.05) is 5.32 Å². The second-order valence-electron chi connectivity index (χ2n) is 3.52. The summed E-state index contributed by atoms with van der Waals surface area (Å²) in [5, 5.41) is 13.2. The SMILES string of the molecule is N#Cc1ccc(Br)cc1Nc1c(Cl)cccc1Cl. The summed E-state index contributed by atoms with van der Waals surface area (Å²) in [7, 11) is 0. The molecule has 0 saturated heterocycles. The standard InChI is InChI=1S/C13H7BrCl2N2/c14-9-5-4-8(7-17)12(6-9)18-13-10(15)2-1-3-11(13)16/h1-6,18H. The quantitative estimate of drug-likeness (QED) is 0.796. The van der Waals surface area contributed by atoms with Gasteiger partial charge in [-0.1, -0.05) is 45.2 Å². The molecule has 5 heteroatoms. The first-order valence-corrected chi connectivity index (χ1v) is 6.57. The molecule has 0 aliphatic carbocycles. The zero-order valence-corrected chi connectivity index (χ0v) is 12.1. The molecule has 2 rings (SSSR count). The maximum absolute atomic E-state index is 9.05. The van der Waals surface area contributed by atoms with Gasteiger partial charge in [0.2, 0.25) is 0 Å². The molecule has 2 aromatic carbocycles. The van der Waals surface area contributed by atoms with Crippen LogP contribution in [0.5, 0.6) is 0 Å². The maximum Gasteiger partial charge on any atom is 0.101 e. The molecule has 2 aromatic rings. The Morgan fingerprint density at radius 3 is 2.39 bits per heavy atom. The Morgan fingerprint density at radius 2 is 1.78 bits per heavy atom. The topological polar surface area (TPSA) is 35.8 Å². The molecule has 0 fully saturated rings. The fourth-order valence-corrected chi connectivity index (χ4v) is 2.32. The summed E-state index contributed by atoms with van der Waals surface area (Å²) in [6.45, 7) is 0.